The molecule has 0 aliphatic carbocycles. The van der Waals surface area contributed by atoms with Crippen molar-refractivity contribution in [1.82, 2.24) is 20.2 Å². The number of amides is 1. The van der Waals surface area contributed by atoms with Gasteiger partial charge in [0.15, 0.2) is 0 Å². The number of hydrogen-bond donors (Lipinski definition) is 4. The van der Waals surface area contributed by atoms with Crippen LogP contribution in [0.1, 0.15) is 23.3 Å². The second-order valence-electron chi connectivity index (χ2n) is 4.42. The van der Waals surface area contributed by atoms with Crippen molar-refractivity contribution in [1.29, 1.82) is 0 Å². The molecular formula is C11H18N4O3. The number of nitrogens with one attached hydrogen (secondary N) is 3. The minimum absolute atomic E-state index is 0.0902. The van der Waals surface area contributed by atoms with Crippen LogP contribution in [0.2, 0.25) is 0 Å². The molecule has 1 aromatic heterocycles. The summed E-state index contributed by atoms with van der Waals surface area (Å²) in [6, 6.07) is 0.270. The van der Waals surface area contributed by atoms with E-state index >= 15 is 0 Å². The summed E-state index contributed by atoms with van der Waals surface area (Å²) < 4.78 is 0. The van der Waals surface area contributed by atoms with Gasteiger partial charge in [-0.3, -0.25) is 4.79 Å². The molecule has 0 spiro atoms. The Balaban J connectivity index is 2.03. The number of aliphatic hydroxyl groups is 1. The number of carbonyl (C=O) groups excluding carboxylic acids is 1. The third kappa shape index (κ3) is 2.99. The average molecular weight is 254 g/mol. The lowest BCUT2D eigenvalue weighted by Crippen LogP contribution is -2.42. The molecular weight excluding hydrogens is 236 g/mol. The lowest BCUT2D eigenvalue weighted by atomic mass is 10.2. The zero-order chi connectivity index (χ0) is 13.0. The SMILES string of the molecule is O=C(c1c[nH]c(=O)[nH]1)N(CCO)CC1CCCN1. The third-order valence-corrected chi connectivity index (χ3v) is 3.09. The van der Waals surface area contributed by atoms with Gasteiger partial charge in [-0.25, -0.2) is 4.79 Å². The summed E-state index contributed by atoms with van der Waals surface area (Å²) in [5, 5.41) is 12.3. The molecule has 4 N–H and O–H groups in total. The van der Waals surface area contributed by atoms with Crippen molar-refractivity contribution in [3.05, 3.63) is 22.4 Å². The van der Waals surface area contributed by atoms with Gasteiger partial charge in [-0.05, 0) is 19.4 Å². The van der Waals surface area contributed by atoms with E-state index in [4.69, 9.17) is 5.11 Å². The van der Waals surface area contributed by atoms with E-state index in [0.29, 0.717) is 6.54 Å². The Morgan fingerprint density at radius 3 is 2.94 bits per heavy atom. The van der Waals surface area contributed by atoms with Crippen molar-refractivity contribution in [3.63, 3.8) is 0 Å². The topological polar surface area (TPSA) is 101 Å². The van der Waals surface area contributed by atoms with Gasteiger partial charge in [-0.1, -0.05) is 0 Å². The number of carbonyl (C=O) groups is 1. The Kier molecular flexibility index (Phi) is 4.16. The fourth-order valence-electron chi connectivity index (χ4n) is 2.19. The van der Waals surface area contributed by atoms with Crippen LogP contribution in [0.15, 0.2) is 11.0 Å². The van der Waals surface area contributed by atoms with Crippen molar-refractivity contribution in [3.8, 4) is 0 Å². The molecule has 18 heavy (non-hydrogen) atoms. The molecule has 0 bridgehead atoms. The fourth-order valence-corrected chi connectivity index (χ4v) is 2.19. The zero-order valence-corrected chi connectivity index (χ0v) is 10.1. The highest BCUT2D eigenvalue weighted by Crippen LogP contribution is 2.08. The first-order valence-corrected chi connectivity index (χ1v) is 6.12. The van der Waals surface area contributed by atoms with Gasteiger partial charge in [-0.2, -0.15) is 0 Å². The first-order chi connectivity index (χ1) is 8.70. The van der Waals surface area contributed by atoms with Crippen molar-refractivity contribution >= 4 is 5.91 Å². The lowest BCUT2D eigenvalue weighted by Gasteiger charge is -2.24. The molecule has 0 saturated carbocycles. The van der Waals surface area contributed by atoms with Crippen LogP contribution in [0.4, 0.5) is 0 Å². The highest BCUT2D eigenvalue weighted by molar-refractivity contribution is 5.92. The molecule has 1 aromatic rings. The fraction of sp³-hybridized carbons (Fsp3) is 0.636. The van der Waals surface area contributed by atoms with E-state index in [9.17, 15) is 9.59 Å². The highest BCUT2D eigenvalue weighted by Gasteiger charge is 2.22. The van der Waals surface area contributed by atoms with Crippen molar-refractivity contribution in [2.45, 2.75) is 18.9 Å². The van der Waals surface area contributed by atoms with Gasteiger partial charge in [0.2, 0.25) is 0 Å². The monoisotopic (exact) mass is 254 g/mol. The van der Waals surface area contributed by atoms with E-state index in [1.165, 1.54) is 6.20 Å². The molecule has 0 radical (unpaired) electrons. The Hall–Kier alpha value is -1.60. The third-order valence-electron chi connectivity index (χ3n) is 3.09. The summed E-state index contributed by atoms with van der Waals surface area (Å²) in [4.78, 5) is 29.5. The number of imidazole rings is 1. The first kappa shape index (κ1) is 12.8. The predicted octanol–water partition coefficient (Wildman–Crippen LogP) is -1.11. The van der Waals surface area contributed by atoms with Crippen LogP contribution in [0.3, 0.4) is 0 Å². The Bertz CT molecular complexity index is 447. The molecule has 1 atom stereocenters. The second-order valence-corrected chi connectivity index (χ2v) is 4.42. The van der Waals surface area contributed by atoms with Gasteiger partial charge in [0.1, 0.15) is 5.69 Å². The molecule has 2 heterocycles. The maximum atomic E-state index is 12.1. The van der Waals surface area contributed by atoms with Crippen LogP contribution >= 0.6 is 0 Å². The summed E-state index contributed by atoms with van der Waals surface area (Å²) in [5.41, 5.74) is -0.173. The van der Waals surface area contributed by atoms with Crippen LogP contribution in [0.5, 0.6) is 0 Å². The van der Waals surface area contributed by atoms with Gasteiger partial charge in [0, 0.05) is 25.3 Å². The van der Waals surface area contributed by atoms with E-state index in [1.54, 1.807) is 4.90 Å². The van der Waals surface area contributed by atoms with E-state index in [0.717, 1.165) is 19.4 Å². The standard InChI is InChI=1S/C11H18N4O3/c16-5-4-15(7-8-2-1-3-12-8)10(17)9-6-13-11(18)14-9/h6,8,12,16H,1-5,7H2,(H2,13,14,18). The van der Waals surface area contributed by atoms with E-state index in [2.05, 4.69) is 15.3 Å². The molecule has 0 aromatic carbocycles. The zero-order valence-electron chi connectivity index (χ0n) is 10.1. The molecule has 1 amide bonds. The number of H-pyrrole nitrogens is 2. The Labute approximate surface area is 104 Å². The number of rotatable bonds is 5. The van der Waals surface area contributed by atoms with Crippen molar-refractivity contribution < 1.29 is 9.90 Å². The smallest absolute Gasteiger partial charge is 0.323 e. The summed E-state index contributed by atoms with van der Waals surface area (Å²) >= 11 is 0. The number of aliphatic hydroxyl groups excluding tert-OH is 1. The van der Waals surface area contributed by atoms with Gasteiger partial charge in [-0.15, -0.1) is 0 Å². The molecule has 1 aliphatic rings. The second kappa shape index (κ2) is 5.83. The average Bonchev–Trinajstić information content (AvgIpc) is 2.99. The van der Waals surface area contributed by atoms with E-state index < -0.39 is 5.69 Å². The molecule has 1 unspecified atom stereocenters. The van der Waals surface area contributed by atoms with E-state index in [1.807, 2.05) is 0 Å². The maximum absolute atomic E-state index is 12.1. The van der Waals surface area contributed by atoms with Gasteiger partial charge >= 0.3 is 5.69 Å². The molecule has 1 saturated heterocycles. The minimum atomic E-state index is -0.402. The predicted molar refractivity (Wildman–Crippen MR) is 65.4 cm³/mol. The van der Waals surface area contributed by atoms with E-state index in [-0.39, 0.29) is 30.8 Å². The minimum Gasteiger partial charge on any atom is -0.395 e. The summed E-state index contributed by atoms with van der Waals surface area (Å²) in [5.74, 6) is -0.267. The number of aromatic nitrogens is 2. The maximum Gasteiger partial charge on any atom is 0.323 e. The number of aromatic amines is 2. The number of nitrogens with zero attached hydrogens (tertiary/aromatic N) is 1. The number of hydrogen-bond acceptors (Lipinski definition) is 4. The van der Waals surface area contributed by atoms with Gasteiger partial charge in [0.05, 0.1) is 6.61 Å². The van der Waals surface area contributed by atoms with Crippen LogP contribution in [0, 0.1) is 0 Å². The van der Waals surface area contributed by atoms with Gasteiger partial charge in [0.25, 0.3) is 5.91 Å². The molecule has 7 nitrogen and oxygen atoms in total. The van der Waals surface area contributed by atoms with Crippen LogP contribution in [0.25, 0.3) is 0 Å². The summed E-state index contributed by atoms with van der Waals surface area (Å²) in [6.45, 7) is 1.69. The molecule has 1 fully saturated rings. The Morgan fingerprint density at radius 2 is 2.39 bits per heavy atom. The lowest BCUT2D eigenvalue weighted by molar-refractivity contribution is 0.0701. The quantitative estimate of drug-likeness (QED) is 0.535. The Morgan fingerprint density at radius 1 is 1.56 bits per heavy atom. The molecule has 100 valence electrons. The van der Waals surface area contributed by atoms with Crippen LogP contribution < -0.4 is 11.0 Å². The summed E-state index contributed by atoms with van der Waals surface area (Å²) in [6.07, 6.45) is 3.49. The van der Waals surface area contributed by atoms with Crippen LogP contribution in [-0.4, -0.2) is 58.2 Å². The molecule has 7 heteroatoms. The molecule has 1 aliphatic heterocycles. The van der Waals surface area contributed by atoms with Crippen LogP contribution in [-0.2, 0) is 0 Å². The largest absolute Gasteiger partial charge is 0.395 e. The van der Waals surface area contributed by atoms with Gasteiger partial charge < -0.3 is 25.3 Å². The molecule has 2 rings (SSSR count). The van der Waals surface area contributed by atoms with Crippen molar-refractivity contribution in [2.24, 2.45) is 0 Å². The normalized spacial score (nSPS) is 19.1. The first-order valence-electron chi connectivity index (χ1n) is 6.12. The summed E-state index contributed by atoms with van der Waals surface area (Å²) in [7, 11) is 0. The highest BCUT2D eigenvalue weighted by atomic mass is 16.3. The van der Waals surface area contributed by atoms with Crippen molar-refractivity contribution in [2.75, 3.05) is 26.2 Å².